The molecule has 3 aromatic rings. The van der Waals surface area contributed by atoms with Gasteiger partial charge in [0.2, 0.25) is 0 Å². The Morgan fingerprint density at radius 2 is 1.48 bits per heavy atom. The van der Waals surface area contributed by atoms with Crippen LogP contribution in [0.5, 0.6) is 5.75 Å². The maximum atomic E-state index is 12.6. The summed E-state index contributed by atoms with van der Waals surface area (Å²) in [5.41, 5.74) is 2.83. The van der Waals surface area contributed by atoms with E-state index < -0.39 is 0 Å². The molecule has 3 heteroatoms. The fraction of sp³-hybridized carbons (Fsp3) is 0.136. The molecule has 1 amide bonds. The maximum Gasteiger partial charge on any atom is 0.254 e. The summed E-state index contributed by atoms with van der Waals surface area (Å²) in [4.78, 5) is 14.4. The number of amides is 1. The van der Waals surface area contributed by atoms with Gasteiger partial charge in [-0.05, 0) is 29.3 Å². The van der Waals surface area contributed by atoms with Gasteiger partial charge in [-0.25, -0.2) is 0 Å². The molecular weight excluding hydrogens is 310 g/mol. The van der Waals surface area contributed by atoms with Crippen LogP contribution in [-0.2, 0) is 13.2 Å². The standard InChI is InChI=1S/C22H21NO2/c1-23(16-18-9-4-2-5-10-18)22(24)20-13-8-14-21(15-20)25-17-19-11-6-3-7-12-19/h2-15H,16-17H2,1H3. The Kier molecular flexibility index (Phi) is 5.47. The van der Waals surface area contributed by atoms with Crippen molar-refractivity contribution in [2.24, 2.45) is 0 Å². The van der Waals surface area contributed by atoms with Crippen molar-refractivity contribution < 1.29 is 9.53 Å². The Bertz CT molecular complexity index is 816. The van der Waals surface area contributed by atoms with Gasteiger partial charge in [-0.2, -0.15) is 0 Å². The lowest BCUT2D eigenvalue weighted by Crippen LogP contribution is -2.26. The van der Waals surface area contributed by atoms with E-state index in [1.807, 2.05) is 85.9 Å². The van der Waals surface area contributed by atoms with Crippen LogP contribution < -0.4 is 4.74 Å². The van der Waals surface area contributed by atoms with E-state index in [1.54, 1.807) is 11.0 Å². The molecule has 0 heterocycles. The minimum absolute atomic E-state index is 0.0194. The molecule has 0 unspecified atom stereocenters. The van der Waals surface area contributed by atoms with E-state index in [0.29, 0.717) is 24.5 Å². The molecule has 0 N–H and O–H groups in total. The highest BCUT2D eigenvalue weighted by molar-refractivity contribution is 5.94. The van der Waals surface area contributed by atoms with Gasteiger partial charge < -0.3 is 9.64 Å². The zero-order valence-electron chi connectivity index (χ0n) is 14.3. The molecule has 0 aliphatic rings. The van der Waals surface area contributed by atoms with Crippen molar-refractivity contribution in [2.75, 3.05) is 7.05 Å². The first-order valence-corrected chi connectivity index (χ1v) is 8.28. The normalized spacial score (nSPS) is 10.3. The van der Waals surface area contributed by atoms with Gasteiger partial charge >= 0.3 is 0 Å². The third-order valence-electron chi connectivity index (χ3n) is 3.94. The molecule has 25 heavy (non-hydrogen) atoms. The van der Waals surface area contributed by atoms with Crippen molar-refractivity contribution in [3.63, 3.8) is 0 Å². The largest absolute Gasteiger partial charge is 0.489 e. The smallest absolute Gasteiger partial charge is 0.254 e. The lowest BCUT2D eigenvalue weighted by molar-refractivity contribution is 0.0784. The number of hydrogen-bond donors (Lipinski definition) is 0. The minimum Gasteiger partial charge on any atom is -0.489 e. The number of carbonyl (C=O) groups excluding carboxylic acids is 1. The number of hydrogen-bond acceptors (Lipinski definition) is 2. The first kappa shape index (κ1) is 16.8. The molecule has 0 spiro atoms. The second-order valence-electron chi connectivity index (χ2n) is 5.95. The van der Waals surface area contributed by atoms with E-state index in [0.717, 1.165) is 11.1 Å². The fourth-order valence-corrected chi connectivity index (χ4v) is 2.61. The molecule has 0 radical (unpaired) electrons. The molecule has 0 saturated carbocycles. The van der Waals surface area contributed by atoms with E-state index >= 15 is 0 Å². The van der Waals surface area contributed by atoms with Crippen molar-refractivity contribution in [1.82, 2.24) is 4.90 Å². The SMILES string of the molecule is CN(Cc1ccccc1)C(=O)c1cccc(OCc2ccccc2)c1. The molecule has 3 nitrogen and oxygen atoms in total. The van der Waals surface area contributed by atoms with Gasteiger partial charge in [0.25, 0.3) is 5.91 Å². The Morgan fingerprint density at radius 1 is 0.840 bits per heavy atom. The van der Waals surface area contributed by atoms with Crippen molar-refractivity contribution in [2.45, 2.75) is 13.2 Å². The molecule has 3 rings (SSSR count). The quantitative estimate of drug-likeness (QED) is 0.664. The maximum absolute atomic E-state index is 12.6. The first-order valence-electron chi connectivity index (χ1n) is 8.28. The monoisotopic (exact) mass is 331 g/mol. The Morgan fingerprint density at radius 3 is 2.16 bits per heavy atom. The molecular formula is C22H21NO2. The summed E-state index contributed by atoms with van der Waals surface area (Å²) in [7, 11) is 1.81. The van der Waals surface area contributed by atoms with Gasteiger partial charge in [0.05, 0.1) is 0 Å². The van der Waals surface area contributed by atoms with Crippen molar-refractivity contribution in [3.05, 3.63) is 102 Å². The molecule has 0 fully saturated rings. The number of nitrogens with zero attached hydrogens (tertiary/aromatic N) is 1. The van der Waals surface area contributed by atoms with Crippen LogP contribution >= 0.6 is 0 Å². The number of benzene rings is 3. The van der Waals surface area contributed by atoms with E-state index in [2.05, 4.69) is 0 Å². The van der Waals surface area contributed by atoms with Crippen LogP contribution in [0, 0.1) is 0 Å². The summed E-state index contributed by atoms with van der Waals surface area (Å²) in [5.74, 6) is 0.678. The van der Waals surface area contributed by atoms with Gasteiger partial charge in [-0.15, -0.1) is 0 Å². The van der Waals surface area contributed by atoms with Gasteiger partial charge in [0.1, 0.15) is 12.4 Å². The highest BCUT2D eigenvalue weighted by Gasteiger charge is 2.12. The molecule has 0 saturated heterocycles. The molecule has 126 valence electrons. The molecule has 0 atom stereocenters. The van der Waals surface area contributed by atoms with Gasteiger partial charge in [-0.3, -0.25) is 4.79 Å². The van der Waals surface area contributed by atoms with E-state index in [9.17, 15) is 4.79 Å². The number of ether oxygens (including phenoxy) is 1. The average Bonchev–Trinajstić information content (AvgIpc) is 2.67. The van der Waals surface area contributed by atoms with Crippen molar-refractivity contribution >= 4 is 5.91 Å². The second kappa shape index (κ2) is 8.15. The average molecular weight is 331 g/mol. The molecule has 3 aromatic carbocycles. The summed E-state index contributed by atoms with van der Waals surface area (Å²) < 4.78 is 5.81. The Labute approximate surface area is 148 Å². The van der Waals surface area contributed by atoms with Crippen LogP contribution in [0.4, 0.5) is 0 Å². The molecule has 0 aromatic heterocycles. The summed E-state index contributed by atoms with van der Waals surface area (Å²) in [6, 6.07) is 27.3. The topological polar surface area (TPSA) is 29.5 Å². The zero-order chi connectivity index (χ0) is 17.5. The summed E-state index contributed by atoms with van der Waals surface area (Å²) in [6.45, 7) is 1.06. The van der Waals surface area contributed by atoms with Gasteiger partial charge in [0, 0.05) is 19.2 Å². The summed E-state index contributed by atoms with van der Waals surface area (Å²) in [6.07, 6.45) is 0. The second-order valence-corrected chi connectivity index (χ2v) is 5.95. The van der Waals surface area contributed by atoms with Crippen molar-refractivity contribution in [1.29, 1.82) is 0 Å². The van der Waals surface area contributed by atoms with Crippen LogP contribution in [0.15, 0.2) is 84.9 Å². The summed E-state index contributed by atoms with van der Waals surface area (Å²) >= 11 is 0. The van der Waals surface area contributed by atoms with Gasteiger partial charge in [-0.1, -0.05) is 66.7 Å². The minimum atomic E-state index is -0.0194. The zero-order valence-corrected chi connectivity index (χ0v) is 14.3. The van der Waals surface area contributed by atoms with Crippen LogP contribution in [0.3, 0.4) is 0 Å². The lowest BCUT2D eigenvalue weighted by Gasteiger charge is -2.18. The predicted molar refractivity (Wildman–Crippen MR) is 99.5 cm³/mol. The van der Waals surface area contributed by atoms with Crippen LogP contribution in [0.2, 0.25) is 0 Å². The van der Waals surface area contributed by atoms with Crippen LogP contribution in [0.25, 0.3) is 0 Å². The third kappa shape index (κ3) is 4.70. The van der Waals surface area contributed by atoms with E-state index in [1.165, 1.54) is 0 Å². The van der Waals surface area contributed by atoms with Crippen LogP contribution in [0.1, 0.15) is 21.5 Å². The van der Waals surface area contributed by atoms with E-state index in [4.69, 9.17) is 4.74 Å². The van der Waals surface area contributed by atoms with Crippen molar-refractivity contribution in [3.8, 4) is 5.75 Å². The lowest BCUT2D eigenvalue weighted by atomic mass is 10.1. The molecule has 0 bridgehead atoms. The molecule has 0 aliphatic carbocycles. The third-order valence-corrected chi connectivity index (χ3v) is 3.94. The fourth-order valence-electron chi connectivity index (χ4n) is 2.61. The van der Waals surface area contributed by atoms with Gasteiger partial charge in [0.15, 0.2) is 0 Å². The molecule has 0 aliphatic heterocycles. The predicted octanol–water partition coefficient (Wildman–Crippen LogP) is 4.54. The Balaban J connectivity index is 1.64. The summed E-state index contributed by atoms with van der Waals surface area (Å²) in [5, 5.41) is 0. The number of rotatable bonds is 6. The first-order chi connectivity index (χ1) is 12.2. The number of carbonyl (C=O) groups is 1. The van der Waals surface area contributed by atoms with E-state index in [-0.39, 0.29) is 5.91 Å². The highest BCUT2D eigenvalue weighted by atomic mass is 16.5. The van der Waals surface area contributed by atoms with Crippen LogP contribution in [-0.4, -0.2) is 17.9 Å². The Hall–Kier alpha value is -3.07. The highest BCUT2D eigenvalue weighted by Crippen LogP contribution is 2.17.